The fourth-order valence-corrected chi connectivity index (χ4v) is 1.85. The molecular weight excluding hydrogens is 268 g/mol. The van der Waals surface area contributed by atoms with Crippen LogP contribution in [0.15, 0.2) is 30.6 Å². The van der Waals surface area contributed by atoms with Crippen molar-refractivity contribution in [3.63, 3.8) is 0 Å². The third-order valence-corrected chi connectivity index (χ3v) is 2.72. The Labute approximate surface area is 123 Å². The average molecular weight is 286 g/mol. The number of nitrogens with one attached hydrogen (secondary N) is 1. The summed E-state index contributed by atoms with van der Waals surface area (Å²) in [6, 6.07) is 5.59. The molecule has 0 unspecified atom stereocenters. The number of methoxy groups -OCH3 is 1. The Morgan fingerprint density at radius 3 is 2.76 bits per heavy atom. The SMILES string of the molecule is COc1cnc(-c2ccccn2)nc1CC(=O)NC(C)C. The lowest BCUT2D eigenvalue weighted by atomic mass is 10.2. The van der Waals surface area contributed by atoms with E-state index in [9.17, 15) is 4.79 Å². The predicted molar refractivity (Wildman–Crippen MR) is 78.8 cm³/mol. The van der Waals surface area contributed by atoms with E-state index >= 15 is 0 Å². The first kappa shape index (κ1) is 14.9. The minimum absolute atomic E-state index is 0.0839. The molecule has 2 aromatic rings. The van der Waals surface area contributed by atoms with Crippen LogP contribution in [0.5, 0.6) is 5.75 Å². The summed E-state index contributed by atoms with van der Waals surface area (Å²) in [6.45, 7) is 3.82. The van der Waals surface area contributed by atoms with Crippen molar-refractivity contribution >= 4 is 5.91 Å². The Bertz CT molecular complexity index is 614. The number of aromatic nitrogens is 3. The standard InChI is InChI=1S/C15H18N4O2/c1-10(2)18-14(20)8-12-13(21-3)9-17-15(19-12)11-6-4-5-7-16-11/h4-7,9-10H,8H2,1-3H3,(H,18,20). The normalized spacial score (nSPS) is 10.5. The first-order valence-electron chi connectivity index (χ1n) is 6.71. The second-order valence-electron chi connectivity index (χ2n) is 4.82. The van der Waals surface area contributed by atoms with Gasteiger partial charge in [0.15, 0.2) is 11.6 Å². The Balaban J connectivity index is 2.28. The van der Waals surface area contributed by atoms with Gasteiger partial charge in [0.2, 0.25) is 5.91 Å². The summed E-state index contributed by atoms with van der Waals surface area (Å²) in [5.74, 6) is 0.867. The molecule has 2 heterocycles. The summed E-state index contributed by atoms with van der Waals surface area (Å²) >= 11 is 0. The highest BCUT2D eigenvalue weighted by molar-refractivity contribution is 5.79. The molecule has 0 aromatic carbocycles. The molecule has 110 valence electrons. The lowest BCUT2D eigenvalue weighted by molar-refractivity contribution is -0.121. The van der Waals surface area contributed by atoms with Gasteiger partial charge in [0.1, 0.15) is 5.69 Å². The van der Waals surface area contributed by atoms with Gasteiger partial charge < -0.3 is 10.1 Å². The zero-order valence-corrected chi connectivity index (χ0v) is 12.3. The van der Waals surface area contributed by atoms with Gasteiger partial charge in [0.05, 0.1) is 25.4 Å². The fourth-order valence-electron chi connectivity index (χ4n) is 1.85. The molecule has 0 spiro atoms. The number of amides is 1. The van der Waals surface area contributed by atoms with E-state index in [0.29, 0.717) is 23.0 Å². The molecule has 1 N–H and O–H groups in total. The highest BCUT2D eigenvalue weighted by atomic mass is 16.5. The number of carbonyl (C=O) groups is 1. The molecule has 6 heteroatoms. The Kier molecular flexibility index (Phi) is 4.81. The zero-order chi connectivity index (χ0) is 15.2. The highest BCUT2D eigenvalue weighted by Gasteiger charge is 2.14. The molecule has 0 saturated heterocycles. The first-order chi connectivity index (χ1) is 10.1. The smallest absolute Gasteiger partial charge is 0.226 e. The fraction of sp³-hybridized carbons (Fsp3) is 0.333. The number of hydrogen-bond donors (Lipinski definition) is 1. The Morgan fingerprint density at radius 2 is 2.14 bits per heavy atom. The average Bonchev–Trinajstić information content (AvgIpc) is 2.47. The minimum Gasteiger partial charge on any atom is -0.493 e. The zero-order valence-electron chi connectivity index (χ0n) is 12.3. The van der Waals surface area contributed by atoms with Gasteiger partial charge in [-0.3, -0.25) is 9.78 Å². The summed E-state index contributed by atoms with van der Waals surface area (Å²) in [4.78, 5) is 24.7. The van der Waals surface area contributed by atoms with E-state index in [1.165, 1.54) is 7.11 Å². The van der Waals surface area contributed by atoms with Crippen molar-refractivity contribution in [2.75, 3.05) is 7.11 Å². The molecule has 2 aromatic heterocycles. The van der Waals surface area contributed by atoms with Crippen LogP contribution in [0.1, 0.15) is 19.5 Å². The number of carbonyl (C=O) groups excluding carboxylic acids is 1. The number of rotatable bonds is 5. The van der Waals surface area contributed by atoms with Crippen LogP contribution in [0.25, 0.3) is 11.5 Å². The largest absolute Gasteiger partial charge is 0.493 e. The maximum absolute atomic E-state index is 11.9. The van der Waals surface area contributed by atoms with Crippen LogP contribution in [0.4, 0.5) is 0 Å². The molecule has 0 fully saturated rings. The molecule has 0 aliphatic rings. The van der Waals surface area contributed by atoms with E-state index in [-0.39, 0.29) is 18.4 Å². The van der Waals surface area contributed by atoms with Crippen LogP contribution < -0.4 is 10.1 Å². The lowest BCUT2D eigenvalue weighted by Crippen LogP contribution is -2.31. The van der Waals surface area contributed by atoms with Crippen molar-refractivity contribution < 1.29 is 9.53 Å². The topological polar surface area (TPSA) is 77.0 Å². The van der Waals surface area contributed by atoms with Gasteiger partial charge in [-0.2, -0.15) is 0 Å². The molecule has 0 saturated carbocycles. The lowest BCUT2D eigenvalue weighted by Gasteiger charge is -2.11. The maximum atomic E-state index is 11.9. The van der Waals surface area contributed by atoms with Gasteiger partial charge >= 0.3 is 0 Å². The van der Waals surface area contributed by atoms with Gasteiger partial charge in [-0.05, 0) is 26.0 Å². The van der Waals surface area contributed by atoms with Gasteiger partial charge in [-0.25, -0.2) is 9.97 Å². The quantitative estimate of drug-likeness (QED) is 0.903. The second kappa shape index (κ2) is 6.78. The highest BCUT2D eigenvalue weighted by Crippen LogP contribution is 2.19. The van der Waals surface area contributed by atoms with Crippen molar-refractivity contribution in [2.24, 2.45) is 0 Å². The molecule has 0 aliphatic carbocycles. The van der Waals surface area contributed by atoms with Crippen LogP contribution in [0, 0.1) is 0 Å². The number of nitrogens with zero attached hydrogens (tertiary/aromatic N) is 3. The molecule has 0 aliphatic heterocycles. The van der Waals surface area contributed by atoms with Crippen molar-refractivity contribution in [2.45, 2.75) is 26.3 Å². The summed E-state index contributed by atoms with van der Waals surface area (Å²) in [7, 11) is 1.53. The van der Waals surface area contributed by atoms with Crippen molar-refractivity contribution in [1.82, 2.24) is 20.3 Å². The first-order valence-corrected chi connectivity index (χ1v) is 6.71. The van der Waals surface area contributed by atoms with E-state index in [4.69, 9.17) is 4.74 Å². The van der Waals surface area contributed by atoms with E-state index < -0.39 is 0 Å². The molecular formula is C15H18N4O2. The van der Waals surface area contributed by atoms with Crippen LogP contribution in [-0.2, 0) is 11.2 Å². The molecule has 2 rings (SSSR count). The van der Waals surface area contributed by atoms with E-state index in [0.717, 1.165) is 0 Å². The van der Waals surface area contributed by atoms with Crippen molar-refractivity contribution in [1.29, 1.82) is 0 Å². The van der Waals surface area contributed by atoms with Gasteiger partial charge in [-0.1, -0.05) is 6.07 Å². The molecule has 1 amide bonds. The summed E-state index contributed by atoms with van der Waals surface area (Å²) in [5.41, 5.74) is 1.21. The van der Waals surface area contributed by atoms with Crippen LogP contribution in [0.2, 0.25) is 0 Å². The Hall–Kier alpha value is -2.50. The van der Waals surface area contributed by atoms with Gasteiger partial charge in [-0.15, -0.1) is 0 Å². The molecule has 21 heavy (non-hydrogen) atoms. The predicted octanol–water partition coefficient (Wildman–Crippen LogP) is 1.61. The minimum atomic E-state index is -0.103. The number of hydrogen-bond acceptors (Lipinski definition) is 5. The molecule has 0 bridgehead atoms. The van der Waals surface area contributed by atoms with Crippen LogP contribution in [0.3, 0.4) is 0 Å². The number of pyridine rings is 1. The van der Waals surface area contributed by atoms with Gasteiger partial charge in [0.25, 0.3) is 0 Å². The van der Waals surface area contributed by atoms with E-state index in [1.54, 1.807) is 12.4 Å². The van der Waals surface area contributed by atoms with E-state index in [2.05, 4.69) is 20.3 Å². The van der Waals surface area contributed by atoms with Crippen molar-refractivity contribution in [3.05, 3.63) is 36.3 Å². The molecule has 0 radical (unpaired) electrons. The van der Waals surface area contributed by atoms with Crippen LogP contribution in [-0.4, -0.2) is 34.0 Å². The van der Waals surface area contributed by atoms with Gasteiger partial charge in [0, 0.05) is 12.2 Å². The summed E-state index contributed by atoms with van der Waals surface area (Å²) < 4.78 is 5.22. The maximum Gasteiger partial charge on any atom is 0.226 e. The third kappa shape index (κ3) is 3.98. The molecule has 0 atom stereocenters. The summed E-state index contributed by atoms with van der Waals surface area (Å²) in [6.07, 6.45) is 3.38. The van der Waals surface area contributed by atoms with Crippen molar-refractivity contribution in [3.8, 4) is 17.3 Å². The number of ether oxygens (including phenoxy) is 1. The Morgan fingerprint density at radius 1 is 1.33 bits per heavy atom. The second-order valence-corrected chi connectivity index (χ2v) is 4.82. The third-order valence-electron chi connectivity index (χ3n) is 2.72. The van der Waals surface area contributed by atoms with Crippen LogP contribution >= 0.6 is 0 Å². The summed E-state index contributed by atoms with van der Waals surface area (Å²) in [5, 5.41) is 2.83. The van der Waals surface area contributed by atoms with E-state index in [1.807, 2.05) is 32.0 Å². The molecule has 6 nitrogen and oxygen atoms in total. The monoisotopic (exact) mass is 286 g/mol.